The first kappa shape index (κ1) is 5.76. The van der Waals surface area contributed by atoms with Crippen molar-refractivity contribution in [1.29, 1.82) is 0 Å². The maximum Gasteiger partial charge on any atom is -0.0294 e. The predicted octanol–water partition coefficient (Wildman–Crippen LogP) is 2.98. The summed E-state index contributed by atoms with van der Waals surface area (Å²) in [5.41, 5.74) is 0.917. The molecule has 0 bridgehead atoms. The summed E-state index contributed by atoms with van der Waals surface area (Å²) in [5.74, 6) is 1.10. The first-order chi connectivity index (χ1) is 4.35. The smallest absolute Gasteiger partial charge is 0.0294 e. The van der Waals surface area contributed by atoms with E-state index in [1.165, 1.54) is 12.8 Å². The van der Waals surface area contributed by atoms with E-state index in [1.54, 1.807) is 25.7 Å². The van der Waals surface area contributed by atoms with Crippen LogP contribution in [-0.4, -0.2) is 0 Å². The number of rotatable bonds is 1. The summed E-state index contributed by atoms with van der Waals surface area (Å²) >= 11 is 0. The lowest BCUT2D eigenvalue weighted by atomic mass is 10.0. The predicted molar refractivity (Wildman–Crippen MR) is 39.3 cm³/mol. The van der Waals surface area contributed by atoms with Crippen LogP contribution in [0.1, 0.15) is 45.4 Å². The molecule has 2 rings (SSSR count). The molecular weight excluding hydrogens is 108 g/mol. The van der Waals surface area contributed by atoms with Crippen molar-refractivity contribution in [3.8, 4) is 0 Å². The van der Waals surface area contributed by atoms with E-state index in [0.717, 1.165) is 11.3 Å². The molecule has 0 unspecified atom stereocenters. The second-order valence-corrected chi connectivity index (χ2v) is 4.02. The molecule has 0 heterocycles. The Morgan fingerprint density at radius 3 is 2.44 bits per heavy atom. The van der Waals surface area contributed by atoms with Crippen molar-refractivity contribution in [2.24, 2.45) is 11.3 Å². The molecule has 52 valence electrons. The zero-order valence-electron chi connectivity index (χ0n) is 6.32. The van der Waals surface area contributed by atoms with Crippen LogP contribution < -0.4 is 0 Å². The van der Waals surface area contributed by atoms with Crippen molar-refractivity contribution in [3.05, 3.63) is 0 Å². The topological polar surface area (TPSA) is 0 Å². The van der Waals surface area contributed by atoms with E-state index >= 15 is 0 Å². The summed E-state index contributed by atoms with van der Waals surface area (Å²) in [7, 11) is 0. The minimum absolute atomic E-state index is 0.917. The molecule has 0 N–H and O–H groups in total. The van der Waals surface area contributed by atoms with Crippen molar-refractivity contribution < 1.29 is 0 Å². The quantitative estimate of drug-likeness (QED) is 0.504. The van der Waals surface area contributed by atoms with E-state index in [2.05, 4.69) is 6.92 Å². The molecule has 9 heavy (non-hydrogen) atoms. The average molecular weight is 124 g/mol. The summed E-state index contributed by atoms with van der Waals surface area (Å²) < 4.78 is 0. The molecule has 0 heteroatoms. The summed E-state index contributed by atoms with van der Waals surface area (Å²) in [6.07, 6.45) is 9.22. The number of hydrogen-bond acceptors (Lipinski definition) is 0. The summed E-state index contributed by atoms with van der Waals surface area (Å²) in [4.78, 5) is 0. The summed E-state index contributed by atoms with van der Waals surface area (Å²) in [5, 5.41) is 0. The van der Waals surface area contributed by atoms with Crippen LogP contribution in [0.4, 0.5) is 0 Å². The highest BCUT2D eigenvalue weighted by atomic mass is 14.5. The third kappa shape index (κ3) is 0.889. The minimum Gasteiger partial charge on any atom is -0.0651 e. The van der Waals surface area contributed by atoms with Crippen LogP contribution in [0.5, 0.6) is 0 Å². The van der Waals surface area contributed by atoms with Gasteiger partial charge in [0.05, 0.1) is 0 Å². The molecule has 0 amide bonds. The van der Waals surface area contributed by atoms with E-state index in [-0.39, 0.29) is 0 Å². The highest BCUT2D eigenvalue weighted by Gasteiger charge is 2.47. The highest BCUT2D eigenvalue weighted by Crippen LogP contribution is 2.59. The van der Waals surface area contributed by atoms with Crippen LogP contribution in [0.2, 0.25) is 0 Å². The van der Waals surface area contributed by atoms with E-state index in [9.17, 15) is 0 Å². The lowest BCUT2D eigenvalue weighted by Crippen LogP contribution is -1.93. The monoisotopic (exact) mass is 124 g/mol. The average Bonchev–Trinajstić information content (AvgIpc) is 2.44. The molecule has 1 atom stereocenters. The van der Waals surface area contributed by atoms with Crippen molar-refractivity contribution in [2.45, 2.75) is 45.4 Å². The van der Waals surface area contributed by atoms with Crippen LogP contribution in [0.3, 0.4) is 0 Å². The van der Waals surface area contributed by atoms with Crippen LogP contribution in [0.15, 0.2) is 0 Å². The lowest BCUT2D eigenvalue weighted by molar-refractivity contribution is 0.469. The molecule has 0 nitrogen and oxygen atoms in total. The Morgan fingerprint density at radius 2 is 2.11 bits per heavy atom. The Labute approximate surface area is 57.6 Å². The second-order valence-electron chi connectivity index (χ2n) is 4.02. The van der Waals surface area contributed by atoms with Crippen molar-refractivity contribution in [3.63, 3.8) is 0 Å². The van der Waals surface area contributed by atoms with Crippen LogP contribution in [0.25, 0.3) is 0 Å². The molecule has 2 saturated carbocycles. The Balaban J connectivity index is 1.93. The van der Waals surface area contributed by atoms with Gasteiger partial charge in [0.15, 0.2) is 0 Å². The van der Waals surface area contributed by atoms with E-state index in [0.29, 0.717) is 0 Å². The van der Waals surface area contributed by atoms with Gasteiger partial charge in [0, 0.05) is 0 Å². The van der Waals surface area contributed by atoms with Gasteiger partial charge in [0.2, 0.25) is 0 Å². The first-order valence-electron chi connectivity index (χ1n) is 4.35. The summed E-state index contributed by atoms with van der Waals surface area (Å²) in [6, 6.07) is 0. The van der Waals surface area contributed by atoms with Gasteiger partial charge in [-0.25, -0.2) is 0 Å². The van der Waals surface area contributed by atoms with Crippen LogP contribution >= 0.6 is 0 Å². The fraction of sp³-hybridized carbons (Fsp3) is 1.00. The van der Waals surface area contributed by atoms with Gasteiger partial charge in [-0.2, -0.15) is 0 Å². The fourth-order valence-corrected chi connectivity index (χ4v) is 2.31. The normalized spacial score (nSPS) is 37.7. The van der Waals surface area contributed by atoms with Gasteiger partial charge in [0.1, 0.15) is 0 Å². The van der Waals surface area contributed by atoms with Gasteiger partial charge in [-0.05, 0) is 43.4 Å². The Bertz CT molecular complexity index is 111. The largest absolute Gasteiger partial charge is 0.0651 e. The molecule has 0 aliphatic heterocycles. The minimum atomic E-state index is 0.917. The molecule has 0 saturated heterocycles. The lowest BCUT2D eigenvalue weighted by Gasteiger charge is -2.04. The zero-order valence-corrected chi connectivity index (χ0v) is 6.32. The Hall–Kier alpha value is 0. The number of hydrogen-bond donors (Lipinski definition) is 0. The van der Waals surface area contributed by atoms with E-state index < -0.39 is 0 Å². The molecule has 0 aromatic rings. The SMILES string of the molecule is CC[C@H]1CCC2(CC2)C1. The van der Waals surface area contributed by atoms with Crippen LogP contribution in [0, 0.1) is 11.3 Å². The standard InChI is InChI=1S/C9H16/c1-2-8-3-4-9(7-8)5-6-9/h8H,2-7H2,1H3/t8-/m0/s1. The van der Waals surface area contributed by atoms with Gasteiger partial charge in [-0.3, -0.25) is 0 Å². The van der Waals surface area contributed by atoms with Gasteiger partial charge in [0.25, 0.3) is 0 Å². The second kappa shape index (κ2) is 1.74. The summed E-state index contributed by atoms with van der Waals surface area (Å²) in [6.45, 7) is 2.34. The van der Waals surface area contributed by atoms with Crippen molar-refractivity contribution in [2.75, 3.05) is 0 Å². The Morgan fingerprint density at radius 1 is 1.33 bits per heavy atom. The van der Waals surface area contributed by atoms with E-state index in [1.807, 2.05) is 0 Å². The highest BCUT2D eigenvalue weighted by molar-refractivity contribution is 4.98. The molecule has 1 spiro atoms. The van der Waals surface area contributed by atoms with E-state index in [4.69, 9.17) is 0 Å². The fourth-order valence-electron chi connectivity index (χ4n) is 2.31. The zero-order chi connectivity index (χ0) is 6.32. The molecule has 2 aliphatic rings. The maximum absolute atomic E-state index is 2.34. The van der Waals surface area contributed by atoms with Gasteiger partial charge in [-0.15, -0.1) is 0 Å². The molecule has 2 aliphatic carbocycles. The van der Waals surface area contributed by atoms with Gasteiger partial charge >= 0.3 is 0 Å². The first-order valence-corrected chi connectivity index (χ1v) is 4.35. The van der Waals surface area contributed by atoms with Crippen molar-refractivity contribution >= 4 is 0 Å². The van der Waals surface area contributed by atoms with Gasteiger partial charge < -0.3 is 0 Å². The van der Waals surface area contributed by atoms with Crippen molar-refractivity contribution in [1.82, 2.24) is 0 Å². The molecule has 0 radical (unpaired) electrons. The molecule has 0 aromatic carbocycles. The molecular formula is C9H16. The third-order valence-electron chi connectivity index (χ3n) is 3.34. The third-order valence-corrected chi connectivity index (χ3v) is 3.34. The van der Waals surface area contributed by atoms with Crippen LogP contribution in [-0.2, 0) is 0 Å². The molecule has 0 aromatic heterocycles. The Kier molecular flexibility index (Phi) is 1.12. The molecule has 2 fully saturated rings. The van der Waals surface area contributed by atoms with Gasteiger partial charge in [-0.1, -0.05) is 13.3 Å². The maximum atomic E-state index is 2.34.